The first-order chi connectivity index (χ1) is 11.1. The van der Waals surface area contributed by atoms with Gasteiger partial charge in [-0.3, -0.25) is 9.89 Å². The molecule has 3 rings (SSSR count). The third-order valence-corrected chi connectivity index (χ3v) is 5.13. The molecule has 2 heterocycles. The van der Waals surface area contributed by atoms with Gasteiger partial charge in [-0.25, -0.2) is 0 Å². The van der Waals surface area contributed by atoms with Gasteiger partial charge in [0.25, 0.3) is 5.91 Å². The first-order valence-corrected chi connectivity index (χ1v) is 9.01. The number of hydrogen-bond donors (Lipinski definition) is 2. The van der Waals surface area contributed by atoms with E-state index in [0.29, 0.717) is 6.54 Å². The lowest BCUT2D eigenvalue weighted by molar-refractivity contribution is 0.0772. The number of aryl methyl sites for hydroxylation is 2. The standard InChI is InChI=1S/C17H22N4OS/c1-12-3-4-14(17(22)21-5-7-23-8-6-21)9-16(12)18-10-15-11-19-20-13(15)2/h3-4,9,11,18H,5-8,10H2,1-2H3,(H,19,20). The molecule has 0 atom stereocenters. The van der Waals surface area contributed by atoms with Gasteiger partial charge in [0.2, 0.25) is 0 Å². The minimum absolute atomic E-state index is 0.132. The molecule has 1 aromatic carbocycles. The molecule has 1 aromatic heterocycles. The number of thioether (sulfide) groups is 1. The van der Waals surface area contributed by atoms with E-state index in [1.54, 1.807) is 0 Å². The highest BCUT2D eigenvalue weighted by atomic mass is 32.2. The predicted octanol–water partition coefficient (Wildman–Crippen LogP) is 2.83. The predicted molar refractivity (Wildman–Crippen MR) is 95.1 cm³/mol. The monoisotopic (exact) mass is 330 g/mol. The number of amides is 1. The third-order valence-electron chi connectivity index (χ3n) is 4.19. The zero-order valence-electron chi connectivity index (χ0n) is 13.6. The minimum atomic E-state index is 0.132. The molecule has 23 heavy (non-hydrogen) atoms. The number of hydrogen-bond acceptors (Lipinski definition) is 4. The molecule has 0 spiro atoms. The van der Waals surface area contributed by atoms with Crippen molar-refractivity contribution in [2.45, 2.75) is 20.4 Å². The Morgan fingerprint density at radius 2 is 2.13 bits per heavy atom. The maximum atomic E-state index is 12.6. The van der Waals surface area contributed by atoms with E-state index in [-0.39, 0.29) is 5.91 Å². The minimum Gasteiger partial charge on any atom is -0.381 e. The van der Waals surface area contributed by atoms with Crippen molar-refractivity contribution in [2.75, 3.05) is 29.9 Å². The molecule has 2 N–H and O–H groups in total. The van der Waals surface area contributed by atoms with Crippen LogP contribution in [0.15, 0.2) is 24.4 Å². The van der Waals surface area contributed by atoms with Gasteiger partial charge in [-0.15, -0.1) is 0 Å². The highest BCUT2D eigenvalue weighted by Crippen LogP contribution is 2.20. The Kier molecular flexibility index (Phi) is 4.91. The number of anilines is 1. The van der Waals surface area contributed by atoms with Crippen LogP contribution in [0.5, 0.6) is 0 Å². The van der Waals surface area contributed by atoms with Gasteiger partial charge in [0.15, 0.2) is 0 Å². The Morgan fingerprint density at radius 3 is 2.83 bits per heavy atom. The summed E-state index contributed by atoms with van der Waals surface area (Å²) in [5.41, 5.74) is 5.09. The zero-order chi connectivity index (χ0) is 16.2. The molecule has 0 radical (unpaired) electrons. The Morgan fingerprint density at radius 1 is 1.35 bits per heavy atom. The molecule has 2 aromatic rings. The molecule has 1 amide bonds. The first-order valence-electron chi connectivity index (χ1n) is 7.85. The maximum absolute atomic E-state index is 12.6. The average Bonchev–Trinajstić information content (AvgIpc) is 2.99. The van der Waals surface area contributed by atoms with Crippen LogP contribution in [0, 0.1) is 13.8 Å². The lowest BCUT2D eigenvalue weighted by Crippen LogP contribution is -2.37. The van der Waals surface area contributed by atoms with E-state index >= 15 is 0 Å². The van der Waals surface area contributed by atoms with Crippen molar-refractivity contribution < 1.29 is 4.79 Å². The van der Waals surface area contributed by atoms with E-state index < -0.39 is 0 Å². The number of H-pyrrole nitrogens is 1. The number of aromatic amines is 1. The number of carbonyl (C=O) groups is 1. The summed E-state index contributed by atoms with van der Waals surface area (Å²) in [4.78, 5) is 14.6. The molecule has 6 heteroatoms. The second-order valence-electron chi connectivity index (χ2n) is 5.81. The number of benzene rings is 1. The van der Waals surface area contributed by atoms with Gasteiger partial charge in [0.1, 0.15) is 0 Å². The van der Waals surface area contributed by atoms with E-state index in [2.05, 4.69) is 22.4 Å². The smallest absolute Gasteiger partial charge is 0.253 e. The van der Waals surface area contributed by atoms with Crippen molar-refractivity contribution in [3.63, 3.8) is 0 Å². The van der Waals surface area contributed by atoms with E-state index in [4.69, 9.17) is 0 Å². The second-order valence-corrected chi connectivity index (χ2v) is 7.03. The van der Waals surface area contributed by atoms with Crippen LogP contribution in [0.3, 0.4) is 0 Å². The summed E-state index contributed by atoms with van der Waals surface area (Å²) in [6, 6.07) is 5.90. The van der Waals surface area contributed by atoms with Crippen molar-refractivity contribution >= 4 is 23.4 Å². The Hall–Kier alpha value is -1.95. The van der Waals surface area contributed by atoms with Gasteiger partial charge in [-0.05, 0) is 31.5 Å². The summed E-state index contributed by atoms with van der Waals surface area (Å²) < 4.78 is 0. The molecule has 0 aliphatic carbocycles. The summed E-state index contributed by atoms with van der Waals surface area (Å²) in [5, 5.41) is 10.4. The van der Waals surface area contributed by atoms with Gasteiger partial charge in [-0.2, -0.15) is 16.9 Å². The Balaban J connectivity index is 1.73. The molecule has 0 bridgehead atoms. The fourth-order valence-corrected chi connectivity index (χ4v) is 3.54. The van der Waals surface area contributed by atoms with Gasteiger partial charge in [0, 0.05) is 53.6 Å². The normalized spacial score (nSPS) is 14.8. The van der Waals surface area contributed by atoms with Gasteiger partial charge < -0.3 is 10.2 Å². The summed E-state index contributed by atoms with van der Waals surface area (Å²) in [6.07, 6.45) is 1.83. The van der Waals surface area contributed by atoms with Crippen LogP contribution in [0.2, 0.25) is 0 Å². The van der Waals surface area contributed by atoms with E-state index in [0.717, 1.165) is 52.7 Å². The van der Waals surface area contributed by atoms with E-state index in [1.807, 2.05) is 48.0 Å². The lowest BCUT2D eigenvalue weighted by atomic mass is 10.1. The quantitative estimate of drug-likeness (QED) is 0.905. The number of nitrogens with zero attached hydrogens (tertiary/aromatic N) is 2. The lowest BCUT2D eigenvalue weighted by Gasteiger charge is -2.26. The van der Waals surface area contributed by atoms with E-state index in [9.17, 15) is 4.79 Å². The van der Waals surface area contributed by atoms with Gasteiger partial charge >= 0.3 is 0 Å². The Labute approximate surface area is 140 Å². The van der Waals surface area contributed by atoms with Gasteiger partial charge in [0.05, 0.1) is 6.20 Å². The van der Waals surface area contributed by atoms with Crippen molar-refractivity contribution in [1.82, 2.24) is 15.1 Å². The molecule has 122 valence electrons. The Bertz CT molecular complexity index is 692. The fraction of sp³-hybridized carbons (Fsp3) is 0.412. The SMILES string of the molecule is Cc1ccc(C(=O)N2CCSCC2)cc1NCc1cn[nH]c1C. The maximum Gasteiger partial charge on any atom is 0.253 e. The molecule has 1 fully saturated rings. The summed E-state index contributed by atoms with van der Waals surface area (Å²) in [6.45, 7) is 6.44. The average molecular weight is 330 g/mol. The number of aromatic nitrogens is 2. The third kappa shape index (κ3) is 3.69. The number of rotatable bonds is 4. The van der Waals surface area contributed by atoms with Crippen LogP contribution in [0.4, 0.5) is 5.69 Å². The van der Waals surface area contributed by atoms with E-state index in [1.165, 1.54) is 0 Å². The molecule has 1 aliphatic rings. The molecule has 5 nitrogen and oxygen atoms in total. The highest BCUT2D eigenvalue weighted by Gasteiger charge is 2.19. The van der Waals surface area contributed by atoms with Crippen molar-refractivity contribution in [3.8, 4) is 0 Å². The van der Waals surface area contributed by atoms with Crippen molar-refractivity contribution in [1.29, 1.82) is 0 Å². The summed E-state index contributed by atoms with van der Waals surface area (Å²) >= 11 is 1.91. The molecule has 0 unspecified atom stereocenters. The van der Waals surface area contributed by atoms with Crippen molar-refractivity contribution in [2.24, 2.45) is 0 Å². The largest absolute Gasteiger partial charge is 0.381 e. The molecule has 1 aliphatic heterocycles. The van der Waals surface area contributed by atoms with Crippen LogP contribution in [-0.2, 0) is 6.54 Å². The molecular formula is C17H22N4OS. The topological polar surface area (TPSA) is 61.0 Å². The van der Waals surface area contributed by atoms with Crippen LogP contribution in [-0.4, -0.2) is 45.6 Å². The fourth-order valence-electron chi connectivity index (χ4n) is 2.64. The van der Waals surface area contributed by atoms with Crippen molar-refractivity contribution in [3.05, 3.63) is 46.8 Å². The molecule has 1 saturated heterocycles. The number of carbonyl (C=O) groups excluding carboxylic acids is 1. The van der Waals surface area contributed by atoms with Crippen LogP contribution < -0.4 is 5.32 Å². The number of nitrogens with one attached hydrogen (secondary N) is 2. The second kappa shape index (κ2) is 7.08. The van der Waals surface area contributed by atoms with Gasteiger partial charge in [-0.1, -0.05) is 6.07 Å². The summed E-state index contributed by atoms with van der Waals surface area (Å²) in [7, 11) is 0. The summed E-state index contributed by atoms with van der Waals surface area (Å²) in [5.74, 6) is 2.19. The first kappa shape index (κ1) is 15.9. The molecule has 0 saturated carbocycles. The molecular weight excluding hydrogens is 308 g/mol. The van der Waals surface area contributed by atoms with Crippen LogP contribution >= 0.6 is 11.8 Å². The van der Waals surface area contributed by atoms with Crippen LogP contribution in [0.1, 0.15) is 27.2 Å². The highest BCUT2D eigenvalue weighted by molar-refractivity contribution is 7.99. The zero-order valence-corrected chi connectivity index (χ0v) is 14.4. The van der Waals surface area contributed by atoms with Crippen LogP contribution in [0.25, 0.3) is 0 Å².